The second-order valence-electron chi connectivity index (χ2n) is 6.25. The topological polar surface area (TPSA) is 67.6 Å². The molecule has 0 spiro atoms. The highest BCUT2D eigenvalue weighted by Crippen LogP contribution is 2.28. The number of amides is 1. The monoisotopic (exact) mass is 423 g/mol. The first-order valence-corrected chi connectivity index (χ1v) is 10.4. The number of carbonyl (C=O) groups excluding carboxylic acids is 1. The van der Waals surface area contributed by atoms with Gasteiger partial charge in [0.05, 0.1) is 11.8 Å². The summed E-state index contributed by atoms with van der Waals surface area (Å²) in [5.41, 5.74) is 1.78. The number of carbonyl (C=O) groups is 1. The summed E-state index contributed by atoms with van der Waals surface area (Å²) in [6, 6.07) is 10.2. The minimum absolute atomic E-state index is 0.132. The molecule has 1 atom stereocenters. The van der Waals surface area contributed by atoms with Crippen LogP contribution in [0.4, 0.5) is 5.69 Å². The number of nitrogens with zero attached hydrogens (tertiary/aromatic N) is 1. The second-order valence-corrected chi connectivity index (χ2v) is 8.96. The van der Waals surface area contributed by atoms with Crippen LogP contribution < -0.4 is 4.90 Å². The molecule has 2 aromatic rings. The van der Waals surface area contributed by atoms with Gasteiger partial charge in [-0.3, -0.25) is 9.69 Å². The molecular formula is C18H18BrNO4S. The average Bonchev–Trinajstić information content (AvgIpc) is 3.14. The Bertz CT molecular complexity index is 913. The molecule has 0 saturated heterocycles. The Morgan fingerprint density at radius 1 is 1.20 bits per heavy atom. The van der Waals surface area contributed by atoms with Gasteiger partial charge >= 0.3 is 0 Å². The van der Waals surface area contributed by atoms with E-state index >= 15 is 0 Å². The van der Waals surface area contributed by atoms with Gasteiger partial charge in [-0.2, -0.15) is 0 Å². The molecule has 1 aromatic heterocycles. The SMILES string of the molecule is CC(C)c1ccc(N(C(=O)c2ccc(Br)o2)[C@H]2C=CS(=O)(=O)C2)cc1. The third-order valence-corrected chi connectivity index (χ3v) is 5.89. The summed E-state index contributed by atoms with van der Waals surface area (Å²) in [6.07, 6.45) is 1.54. The standard InChI is InChI=1S/C18H18BrNO4S/c1-12(2)13-3-5-14(6-4-13)20(15-9-10-25(22,23)11-15)18(21)16-7-8-17(19)24-16/h3-10,12,15H,11H2,1-2H3/t15-/m0/s1. The Morgan fingerprint density at radius 2 is 1.88 bits per heavy atom. The van der Waals surface area contributed by atoms with Gasteiger partial charge in [-0.1, -0.05) is 26.0 Å². The molecule has 7 heteroatoms. The third kappa shape index (κ3) is 3.88. The summed E-state index contributed by atoms with van der Waals surface area (Å²) in [5.74, 6) is 0.00487. The van der Waals surface area contributed by atoms with Crippen molar-refractivity contribution < 1.29 is 17.6 Å². The first kappa shape index (κ1) is 17.9. The van der Waals surface area contributed by atoms with Crippen LogP contribution in [0.1, 0.15) is 35.9 Å². The summed E-state index contributed by atoms with van der Waals surface area (Å²) in [5, 5.41) is 1.17. The lowest BCUT2D eigenvalue weighted by atomic mass is 10.0. The number of anilines is 1. The lowest BCUT2D eigenvalue weighted by molar-refractivity contribution is 0.0955. The van der Waals surface area contributed by atoms with Crippen LogP contribution in [0.3, 0.4) is 0 Å². The molecule has 0 radical (unpaired) electrons. The third-order valence-electron chi connectivity index (χ3n) is 4.08. The number of hydrogen-bond acceptors (Lipinski definition) is 4. The minimum Gasteiger partial charge on any atom is -0.444 e. The number of hydrogen-bond donors (Lipinski definition) is 0. The van der Waals surface area contributed by atoms with Crippen molar-refractivity contribution in [1.82, 2.24) is 0 Å². The zero-order valence-electron chi connectivity index (χ0n) is 13.8. The van der Waals surface area contributed by atoms with Crippen molar-refractivity contribution in [3.63, 3.8) is 0 Å². The molecule has 0 bridgehead atoms. The largest absolute Gasteiger partial charge is 0.444 e. The van der Waals surface area contributed by atoms with Crippen LogP contribution in [-0.2, 0) is 9.84 Å². The van der Waals surface area contributed by atoms with Crippen molar-refractivity contribution in [3.8, 4) is 0 Å². The molecule has 5 nitrogen and oxygen atoms in total. The summed E-state index contributed by atoms with van der Waals surface area (Å²) >= 11 is 3.19. The molecule has 25 heavy (non-hydrogen) atoms. The maximum Gasteiger partial charge on any atom is 0.294 e. The normalized spacial score (nSPS) is 18.6. The molecule has 2 heterocycles. The average molecular weight is 424 g/mol. The van der Waals surface area contributed by atoms with E-state index in [1.807, 2.05) is 24.3 Å². The fraction of sp³-hybridized carbons (Fsp3) is 0.278. The molecule has 1 aliphatic heterocycles. The van der Waals surface area contributed by atoms with Gasteiger partial charge in [-0.25, -0.2) is 8.42 Å². The number of furan rings is 1. The molecule has 1 amide bonds. The van der Waals surface area contributed by atoms with Crippen LogP contribution in [0.5, 0.6) is 0 Å². The van der Waals surface area contributed by atoms with Gasteiger partial charge in [0.15, 0.2) is 20.3 Å². The Hall–Kier alpha value is -1.86. The molecule has 3 rings (SSSR count). The molecule has 0 saturated carbocycles. The van der Waals surface area contributed by atoms with Gasteiger partial charge in [0, 0.05) is 11.1 Å². The predicted octanol–water partition coefficient (Wildman–Crippen LogP) is 4.12. The van der Waals surface area contributed by atoms with Crippen LogP contribution in [0.25, 0.3) is 0 Å². The Labute approximate surface area is 155 Å². The van der Waals surface area contributed by atoms with Gasteiger partial charge in [-0.15, -0.1) is 0 Å². The van der Waals surface area contributed by atoms with Crippen LogP contribution in [0, 0.1) is 0 Å². The van der Waals surface area contributed by atoms with E-state index in [4.69, 9.17) is 4.42 Å². The van der Waals surface area contributed by atoms with Crippen LogP contribution in [0.15, 0.2) is 57.0 Å². The summed E-state index contributed by atoms with van der Waals surface area (Å²) in [6.45, 7) is 4.18. The number of sulfone groups is 1. The van der Waals surface area contributed by atoms with Crippen molar-refractivity contribution >= 4 is 37.4 Å². The smallest absolute Gasteiger partial charge is 0.294 e. The number of halogens is 1. The van der Waals surface area contributed by atoms with E-state index in [9.17, 15) is 13.2 Å². The van der Waals surface area contributed by atoms with Crippen LogP contribution in [-0.4, -0.2) is 26.1 Å². The number of rotatable bonds is 4. The zero-order chi connectivity index (χ0) is 18.2. The van der Waals surface area contributed by atoms with E-state index < -0.39 is 15.9 Å². The molecule has 1 aliphatic rings. The first-order valence-electron chi connectivity index (χ1n) is 7.86. The predicted molar refractivity (Wildman–Crippen MR) is 100 cm³/mol. The first-order chi connectivity index (χ1) is 11.8. The molecule has 1 aromatic carbocycles. The Morgan fingerprint density at radius 3 is 2.36 bits per heavy atom. The lowest BCUT2D eigenvalue weighted by Gasteiger charge is -2.27. The second kappa shape index (κ2) is 6.80. The van der Waals surface area contributed by atoms with E-state index in [1.54, 1.807) is 18.2 Å². The quantitative estimate of drug-likeness (QED) is 0.741. The highest BCUT2D eigenvalue weighted by molar-refractivity contribution is 9.10. The van der Waals surface area contributed by atoms with Crippen molar-refractivity contribution in [2.24, 2.45) is 0 Å². The van der Waals surface area contributed by atoms with Crippen molar-refractivity contribution in [3.05, 3.63) is 63.9 Å². The fourth-order valence-corrected chi connectivity index (χ4v) is 4.32. The van der Waals surface area contributed by atoms with Gasteiger partial charge in [0.1, 0.15) is 0 Å². The van der Waals surface area contributed by atoms with Crippen LogP contribution in [0.2, 0.25) is 0 Å². The van der Waals surface area contributed by atoms with E-state index in [0.717, 1.165) is 5.56 Å². The van der Waals surface area contributed by atoms with Crippen molar-refractivity contribution in [2.75, 3.05) is 10.7 Å². The van der Waals surface area contributed by atoms with Crippen molar-refractivity contribution in [2.45, 2.75) is 25.8 Å². The van der Waals surface area contributed by atoms with Crippen LogP contribution >= 0.6 is 15.9 Å². The molecule has 0 N–H and O–H groups in total. The summed E-state index contributed by atoms with van der Waals surface area (Å²) in [4.78, 5) is 14.4. The van der Waals surface area contributed by atoms with E-state index in [0.29, 0.717) is 16.3 Å². The van der Waals surface area contributed by atoms with Gasteiger partial charge in [0.2, 0.25) is 0 Å². The highest BCUT2D eigenvalue weighted by Gasteiger charge is 2.33. The van der Waals surface area contributed by atoms with Gasteiger partial charge in [-0.05, 0) is 57.8 Å². The lowest BCUT2D eigenvalue weighted by Crippen LogP contribution is -2.41. The highest BCUT2D eigenvalue weighted by atomic mass is 79.9. The molecule has 0 aliphatic carbocycles. The van der Waals surface area contributed by atoms with Gasteiger partial charge < -0.3 is 4.42 Å². The number of benzene rings is 1. The zero-order valence-corrected chi connectivity index (χ0v) is 16.2. The van der Waals surface area contributed by atoms with Gasteiger partial charge in [0.25, 0.3) is 5.91 Å². The van der Waals surface area contributed by atoms with E-state index in [2.05, 4.69) is 29.8 Å². The molecule has 0 unspecified atom stereocenters. The molecule has 0 fully saturated rings. The maximum absolute atomic E-state index is 13.0. The Kier molecular flexibility index (Phi) is 4.88. The summed E-state index contributed by atoms with van der Waals surface area (Å²) < 4.78 is 29.5. The fourth-order valence-electron chi connectivity index (χ4n) is 2.75. The molecule has 132 valence electrons. The minimum atomic E-state index is -3.29. The van der Waals surface area contributed by atoms with E-state index in [1.165, 1.54) is 10.3 Å². The molecular weight excluding hydrogens is 406 g/mol. The summed E-state index contributed by atoms with van der Waals surface area (Å²) in [7, 11) is -3.29. The maximum atomic E-state index is 13.0. The Balaban J connectivity index is 2.00. The van der Waals surface area contributed by atoms with Crippen molar-refractivity contribution in [1.29, 1.82) is 0 Å². The van der Waals surface area contributed by atoms with E-state index in [-0.39, 0.29) is 17.4 Å².